The summed E-state index contributed by atoms with van der Waals surface area (Å²) >= 11 is 0. The van der Waals surface area contributed by atoms with Gasteiger partial charge in [0.05, 0.1) is 23.2 Å². The Bertz CT molecular complexity index is 825. The van der Waals surface area contributed by atoms with Crippen molar-refractivity contribution in [3.63, 3.8) is 0 Å². The molecule has 1 aliphatic rings. The molecular weight excluding hydrogens is 328 g/mol. The van der Waals surface area contributed by atoms with Crippen molar-refractivity contribution in [2.24, 2.45) is 0 Å². The zero-order valence-electron chi connectivity index (χ0n) is 13.0. The summed E-state index contributed by atoms with van der Waals surface area (Å²) in [6, 6.07) is 7.55. The number of fused-ring (bicyclic) bond motifs is 1. The molecule has 1 aromatic carbocycles. The summed E-state index contributed by atoms with van der Waals surface area (Å²) in [5.74, 6) is -0.790. The van der Waals surface area contributed by atoms with E-state index in [4.69, 9.17) is 4.74 Å². The van der Waals surface area contributed by atoms with Gasteiger partial charge in [-0.25, -0.2) is 4.79 Å². The van der Waals surface area contributed by atoms with E-state index in [1.54, 1.807) is 18.5 Å². The van der Waals surface area contributed by atoms with Gasteiger partial charge in [-0.15, -0.1) is 0 Å². The monoisotopic (exact) mass is 342 g/mol. The molecule has 2 aromatic rings. The molecule has 2 heterocycles. The van der Waals surface area contributed by atoms with Crippen LogP contribution in [0.2, 0.25) is 0 Å². The maximum atomic E-state index is 12.1. The number of pyridine rings is 1. The Balaban J connectivity index is 1.69. The number of carbonyl (C=O) groups excluding carboxylic acids is 2. The number of amides is 1. The van der Waals surface area contributed by atoms with Gasteiger partial charge in [0.25, 0.3) is 5.69 Å². The van der Waals surface area contributed by atoms with Gasteiger partial charge in [0.2, 0.25) is 5.91 Å². The van der Waals surface area contributed by atoms with Crippen LogP contribution in [0, 0.1) is 10.1 Å². The highest BCUT2D eigenvalue weighted by molar-refractivity contribution is 5.89. The molecule has 1 aromatic heterocycles. The minimum atomic E-state index is -0.576. The fraction of sp³-hybridized carbons (Fsp3) is 0.188. The van der Waals surface area contributed by atoms with Crippen LogP contribution in [-0.2, 0) is 16.1 Å². The topological polar surface area (TPSA) is 115 Å². The van der Waals surface area contributed by atoms with E-state index < -0.39 is 10.9 Å². The predicted molar refractivity (Wildman–Crippen MR) is 87.0 cm³/mol. The Morgan fingerprint density at radius 2 is 2.24 bits per heavy atom. The molecule has 0 radical (unpaired) electrons. The van der Waals surface area contributed by atoms with Crippen LogP contribution in [0.3, 0.4) is 0 Å². The maximum absolute atomic E-state index is 12.1. The highest BCUT2D eigenvalue weighted by Gasteiger charge is 2.27. The molecular formula is C16H14N4O5. The zero-order chi connectivity index (χ0) is 17.8. The van der Waals surface area contributed by atoms with Crippen LogP contribution in [0.15, 0.2) is 42.7 Å². The van der Waals surface area contributed by atoms with Crippen LogP contribution in [0.5, 0.6) is 5.75 Å². The molecule has 0 atom stereocenters. The Kier molecular flexibility index (Phi) is 4.55. The van der Waals surface area contributed by atoms with Crippen molar-refractivity contribution in [3.8, 4) is 5.75 Å². The number of esters is 1. The fourth-order valence-electron chi connectivity index (χ4n) is 2.43. The van der Waals surface area contributed by atoms with Crippen molar-refractivity contribution in [2.45, 2.75) is 6.54 Å². The average Bonchev–Trinajstić information content (AvgIpc) is 2.60. The molecule has 0 bridgehead atoms. The number of aromatic nitrogens is 1. The number of nitro groups is 1. The summed E-state index contributed by atoms with van der Waals surface area (Å²) in [5.41, 5.74) is 1.13. The van der Waals surface area contributed by atoms with Gasteiger partial charge in [-0.3, -0.25) is 19.9 Å². The lowest BCUT2D eigenvalue weighted by atomic mass is 10.2. The van der Waals surface area contributed by atoms with Crippen LogP contribution in [0.1, 0.15) is 5.56 Å². The van der Waals surface area contributed by atoms with Gasteiger partial charge >= 0.3 is 5.97 Å². The Hall–Kier alpha value is -3.49. The maximum Gasteiger partial charge on any atom is 0.331 e. The normalized spacial score (nSPS) is 13.0. The predicted octanol–water partition coefficient (Wildman–Crippen LogP) is 1.03. The number of nitro benzene ring substituents is 1. The molecule has 1 aliphatic heterocycles. The molecule has 25 heavy (non-hydrogen) atoms. The van der Waals surface area contributed by atoms with Crippen LogP contribution >= 0.6 is 0 Å². The van der Waals surface area contributed by atoms with E-state index >= 15 is 0 Å². The Morgan fingerprint density at radius 1 is 1.40 bits per heavy atom. The standard InChI is InChI=1S/C16H14N4O5/c21-15(18-8-11-2-1-5-17-7-11)9-19-10-16(22)25-14-6-12(20(23)24)3-4-13(14)19/h1-7H,8-10H2,(H,18,21). The second kappa shape index (κ2) is 6.95. The lowest BCUT2D eigenvalue weighted by molar-refractivity contribution is -0.384. The first-order chi connectivity index (χ1) is 12.0. The first-order valence-electron chi connectivity index (χ1n) is 7.42. The lowest BCUT2D eigenvalue weighted by Gasteiger charge is -2.28. The Morgan fingerprint density at radius 3 is 2.96 bits per heavy atom. The molecule has 9 nitrogen and oxygen atoms in total. The molecule has 0 fully saturated rings. The molecule has 1 N–H and O–H groups in total. The fourth-order valence-corrected chi connectivity index (χ4v) is 2.43. The number of rotatable bonds is 5. The number of hydrogen-bond donors (Lipinski definition) is 1. The number of carbonyl (C=O) groups is 2. The third kappa shape index (κ3) is 3.89. The van der Waals surface area contributed by atoms with E-state index in [0.717, 1.165) is 5.56 Å². The number of nitrogens with one attached hydrogen (secondary N) is 1. The summed E-state index contributed by atoms with van der Waals surface area (Å²) in [7, 11) is 0. The lowest BCUT2D eigenvalue weighted by Crippen LogP contribution is -2.43. The molecule has 0 spiro atoms. The molecule has 3 rings (SSSR count). The first-order valence-corrected chi connectivity index (χ1v) is 7.42. The number of hydrogen-bond acceptors (Lipinski definition) is 7. The number of nitrogens with zero attached hydrogens (tertiary/aromatic N) is 3. The third-order valence-corrected chi connectivity index (χ3v) is 3.59. The van der Waals surface area contributed by atoms with E-state index in [1.807, 2.05) is 6.07 Å². The van der Waals surface area contributed by atoms with Gasteiger partial charge < -0.3 is 15.0 Å². The van der Waals surface area contributed by atoms with Crippen molar-refractivity contribution < 1.29 is 19.2 Å². The summed E-state index contributed by atoms with van der Waals surface area (Å²) in [5, 5.41) is 13.6. The summed E-state index contributed by atoms with van der Waals surface area (Å²) in [4.78, 5) is 39.6. The molecule has 0 aliphatic carbocycles. The van der Waals surface area contributed by atoms with Gasteiger partial charge in [0, 0.05) is 25.0 Å². The molecule has 1 amide bonds. The van der Waals surface area contributed by atoms with Crippen molar-refractivity contribution in [2.75, 3.05) is 18.0 Å². The average molecular weight is 342 g/mol. The van der Waals surface area contributed by atoms with Crippen molar-refractivity contribution in [1.29, 1.82) is 0 Å². The number of benzene rings is 1. The van der Waals surface area contributed by atoms with Gasteiger partial charge in [-0.2, -0.15) is 0 Å². The van der Waals surface area contributed by atoms with Gasteiger partial charge in [0.15, 0.2) is 5.75 Å². The molecule has 0 unspecified atom stereocenters. The quantitative estimate of drug-likeness (QED) is 0.373. The van der Waals surface area contributed by atoms with Gasteiger partial charge in [-0.1, -0.05) is 6.07 Å². The van der Waals surface area contributed by atoms with Crippen molar-refractivity contribution in [3.05, 3.63) is 58.4 Å². The van der Waals surface area contributed by atoms with Crippen LogP contribution in [0.25, 0.3) is 0 Å². The van der Waals surface area contributed by atoms with E-state index in [9.17, 15) is 19.7 Å². The minimum Gasteiger partial charge on any atom is -0.423 e. The van der Waals surface area contributed by atoms with Gasteiger partial charge in [-0.05, 0) is 17.7 Å². The second-order valence-corrected chi connectivity index (χ2v) is 5.38. The Labute approximate surface area is 142 Å². The van der Waals surface area contributed by atoms with Crippen LogP contribution < -0.4 is 15.0 Å². The smallest absolute Gasteiger partial charge is 0.331 e. The highest BCUT2D eigenvalue weighted by Crippen LogP contribution is 2.34. The summed E-state index contributed by atoms with van der Waals surface area (Å²) in [6.45, 7) is 0.142. The second-order valence-electron chi connectivity index (χ2n) is 5.38. The van der Waals surface area contributed by atoms with Crippen molar-refractivity contribution in [1.82, 2.24) is 10.3 Å². The molecule has 0 saturated carbocycles. The third-order valence-electron chi connectivity index (χ3n) is 3.59. The van der Waals surface area contributed by atoms with Crippen LogP contribution in [-0.4, -0.2) is 34.9 Å². The summed E-state index contributed by atoms with van der Waals surface area (Å²) < 4.78 is 5.04. The van der Waals surface area contributed by atoms with E-state index in [1.165, 1.54) is 23.1 Å². The van der Waals surface area contributed by atoms with E-state index in [-0.39, 0.29) is 30.4 Å². The minimum absolute atomic E-state index is 0.0693. The number of non-ortho nitro benzene ring substituents is 1. The number of anilines is 1. The van der Waals surface area contributed by atoms with Gasteiger partial charge in [0.1, 0.15) is 6.54 Å². The highest BCUT2D eigenvalue weighted by atomic mass is 16.6. The largest absolute Gasteiger partial charge is 0.423 e. The van der Waals surface area contributed by atoms with Crippen LogP contribution in [0.4, 0.5) is 11.4 Å². The molecule has 128 valence electrons. The van der Waals surface area contributed by atoms with E-state index in [0.29, 0.717) is 12.2 Å². The number of ether oxygens (including phenoxy) is 1. The molecule has 9 heteroatoms. The summed E-state index contributed by atoms with van der Waals surface area (Å²) in [6.07, 6.45) is 3.29. The first kappa shape index (κ1) is 16.4. The van der Waals surface area contributed by atoms with Crippen molar-refractivity contribution >= 4 is 23.3 Å². The SMILES string of the molecule is O=C(CN1CC(=O)Oc2cc([N+](=O)[O-])ccc21)NCc1cccnc1. The van der Waals surface area contributed by atoms with E-state index in [2.05, 4.69) is 10.3 Å². The zero-order valence-corrected chi connectivity index (χ0v) is 13.0. The molecule has 0 saturated heterocycles.